The van der Waals surface area contributed by atoms with Crippen molar-refractivity contribution >= 4 is 23.4 Å². The monoisotopic (exact) mass is 394 g/mol. The number of rotatable bonds is 8. The van der Waals surface area contributed by atoms with Gasteiger partial charge in [-0.05, 0) is 50.8 Å². The molecule has 0 bridgehead atoms. The first-order valence-corrected chi connectivity index (χ1v) is 10.3. The zero-order chi connectivity index (χ0) is 19.9. The summed E-state index contributed by atoms with van der Waals surface area (Å²) in [7, 11) is 0. The second-order valence-corrected chi connectivity index (χ2v) is 8.10. The average molecular weight is 395 g/mol. The summed E-state index contributed by atoms with van der Waals surface area (Å²) in [5, 5.41) is 3.01. The molecule has 1 aromatic rings. The number of hydrogen-bond acceptors (Lipinski definition) is 3. The normalized spacial score (nSPS) is 15.5. The van der Waals surface area contributed by atoms with Crippen LogP contribution in [0.15, 0.2) is 24.3 Å². The summed E-state index contributed by atoms with van der Waals surface area (Å²) in [6.45, 7) is 7.16. The minimum atomic E-state index is -0.543. The molecule has 5 nitrogen and oxygen atoms in total. The smallest absolute Gasteiger partial charge is 0.258 e. The molecule has 150 valence electrons. The van der Waals surface area contributed by atoms with Gasteiger partial charge in [0.05, 0.1) is 5.41 Å². The maximum Gasteiger partial charge on any atom is 0.258 e. The van der Waals surface area contributed by atoms with Crippen molar-refractivity contribution < 1.29 is 14.3 Å². The van der Waals surface area contributed by atoms with Gasteiger partial charge in [-0.2, -0.15) is 0 Å². The van der Waals surface area contributed by atoms with Crippen molar-refractivity contribution in [2.24, 2.45) is 5.41 Å². The zero-order valence-corrected chi connectivity index (χ0v) is 17.3. The van der Waals surface area contributed by atoms with E-state index in [4.69, 9.17) is 16.3 Å². The highest BCUT2D eigenvalue weighted by molar-refractivity contribution is 6.19. The van der Waals surface area contributed by atoms with Crippen molar-refractivity contribution in [2.45, 2.75) is 52.5 Å². The molecule has 0 aliphatic carbocycles. The third kappa shape index (κ3) is 6.42. The van der Waals surface area contributed by atoms with Crippen LogP contribution in [0, 0.1) is 5.41 Å². The van der Waals surface area contributed by atoms with Crippen LogP contribution >= 0.6 is 11.6 Å². The molecule has 27 heavy (non-hydrogen) atoms. The van der Waals surface area contributed by atoms with Gasteiger partial charge in [0.1, 0.15) is 5.75 Å². The molecule has 1 saturated heterocycles. The third-order valence-electron chi connectivity index (χ3n) is 4.89. The molecule has 1 aliphatic rings. The fourth-order valence-electron chi connectivity index (χ4n) is 3.17. The topological polar surface area (TPSA) is 58.6 Å². The number of likely N-dealkylation sites (tertiary alicyclic amines) is 1. The molecule has 0 unspecified atom stereocenters. The Bertz CT molecular complexity index is 623. The van der Waals surface area contributed by atoms with Crippen LogP contribution in [0.1, 0.15) is 45.6 Å². The van der Waals surface area contributed by atoms with Gasteiger partial charge >= 0.3 is 0 Å². The maximum atomic E-state index is 12.4. The van der Waals surface area contributed by atoms with E-state index in [1.807, 2.05) is 43.0 Å². The van der Waals surface area contributed by atoms with E-state index < -0.39 is 5.41 Å². The summed E-state index contributed by atoms with van der Waals surface area (Å²) in [4.78, 5) is 26.4. The van der Waals surface area contributed by atoms with E-state index in [2.05, 4.69) is 12.2 Å². The van der Waals surface area contributed by atoms with Gasteiger partial charge < -0.3 is 15.0 Å². The average Bonchev–Trinajstić information content (AvgIpc) is 2.67. The number of nitrogens with zero attached hydrogens (tertiary/aromatic N) is 1. The highest BCUT2D eigenvalue weighted by Crippen LogP contribution is 2.23. The lowest BCUT2D eigenvalue weighted by molar-refractivity contribution is -0.140. The fourth-order valence-corrected chi connectivity index (χ4v) is 3.29. The Morgan fingerprint density at radius 2 is 1.85 bits per heavy atom. The second kappa shape index (κ2) is 9.98. The number of nitrogens with one attached hydrogen (secondary N) is 1. The third-order valence-corrected chi connectivity index (χ3v) is 5.56. The standard InChI is InChI=1S/C21H31ClN2O3/c1-4-5-16-6-8-18(9-7-16)27-14-19(25)23-17-10-12-24(13-11-17)20(26)21(2,3)15-22/h6-9,17H,4-5,10-15H2,1-3H3,(H,23,25). The van der Waals surface area contributed by atoms with E-state index in [0.717, 1.165) is 25.7 Å². The summed E-state index contributed by atoms with van der Waals surface area (Å²) < 4.78 is 5.57. The van der Waals surface area contributed by atoms with E-state index in [0.29, 0.717) is 24.7 Å². The van der Waals surface area contributed by atoms with E-state index in [1.165, 1.54) is 5.56 Å². The Morgan fingerprint density at radius 1 is 1.22 bits per heavy atom. The van der Waals surface area contributed by atoms with Crippen LogP contribution < -0.4 is 10.1 Å². The lowest BCUT2D eigenvalue weighted by atomic mass is 9.92. The number of alkyl halides is 1. The number of hydrogen-bond donors (Lipinski definition) is 1. The zero-order valence-electron chi connectivity index (χ0n) is 16.6. The number of carbonyl (C=O) groups excluding carboxylic acids is 2. The molecule has 0 spiro atoms. The van der Waals surface area contributed by atoms with Gasteiger partial charge in [-0.15, -0.1) is 11.6 Å². The van der Waals surface area contributed by atoms with Crippen LogP contribution in [0.25, 0.3) is 0 Å². The Balaban J connectivity index is 1.72. The van der Waals surface area contributed by atoms with Crippen molar-refractivity contribution in [2.75, 3.05) is 25.6 Å². The SMILES string of the molecule is CCCc1ccc(OCC(=O)NC2CCN(C(=O)C(C)(C)CCl)CC2)cc1. The Labute approximate surface area is 167 Å². The molecule has 2 amide bonds. The number of piperidine rings is 1. The number of amides is 2. The van der Waals surface area contributed by atoms with Crippen molar-refractivity contribution in [1.82, 2.24) is 10.2 Å². The van der Waals surface area contributed by atoms with Gasteiger partial charge in [-0.1, -0.05) is 25.5 Å². The number of halogens is 1. The summed E-state index contributed by atoms with van der Waals surface area (Å²) in [5.41, 5.74) is 0.728. The summed E-state index contributed by atoms with van der Waals surface area (Å²) in [5.74, 6) is 0.962. The van der Waals surface area contributed by atoms with Crippen molar-refractivity contribution in [3.05, 3.63) is 29.8 Å². The Morgan fingerprint density at radius 3 is 2.41 bits per heavy atom. The summed E-state index contributed by atoms with van der Waals surface area (Å²) >= 11 is 5.90. The highest BCUT2D eigenvalue weighted by Gasteiger charge is 2.33. The van der Waals surface area contributed by atoms with E-state index >= 15 is 0 Å². The number of ether oxygens (including phenoxy) is 1. The van der Waals surface area contributed by atoms with E-state index in [1.54, 1.807) is 0 Å². The first-order chi connectivity index (χ1) is 12.9. The molecule has 1 aliphatic heterocycles. The molecule has 0 saturated carbocycles. The predicted molar refractivity (Wildman–Crippen MR) is 108 cm³/mol. The van der Waals surface area contributed by atoms with Crippen LogP contribution in [0.5, 0.6) is 5.75 Å². The number of benzene rings is 1. The lowest BCUT2D eigenvalue weighted by Crippen LogP contribution is -2.50. The lowest BCUT2D eigenvalue weighted by Gasteiger charge is -2.36. The molecule has 1 N–H and O–H groups in total. The molecular formula is C21H31ClN2O3. The van der Waals surface area contributed by atoms with Crippen molar-refractivity contribution in [1.29, 1.82) is 0 Å². The first kappa shape index (κ1) is 21.5. The van der Waals surface area contributed by atoms with Crippen molar-refractivity contribution in [3.63, 3.8) is 0 Å². The summed E-state index contributed by atoms with van der Waals surface area (Å²) in [6, 6.07) is 7.95. The van der Waals surface area contributed by atoms with Gasteiger partial charge in [-0.25, -0.2) is 0 Å². The molecule has 2 rings (SSSR count). The minimum absolute atomic E-state index is 0.00550. The van der Waals surface area contributed by atoms with E-state index in [9.17, 15) is 9.59 Å². The number of carbonyl (C=O) groups is 2. The quantitative estimate of drug-likeness (QED) is 0.687. The van der Waals surface area contributed by atoms with Crippen LogP contribution in [0.3, 0.4) is 0 Å². The Hall–Kier alpha value is -1.75. The van der Waals surface area contributed by atoms with Gasteiger partial charge in [-0.3, -0.25) is 9.59 Å². The minimum Gasteiger partial charge on any atom is -0.484 e. The van der Waals surface area contributed by atoms with Gasteiger partial charge in [0, 0.05) is 25.0 Å². The second-order valence-electron chi connectivity index (χ2n) is 7.83. The molecular weight excluding hydrogens is 364 g/mol. The van der Waals surface area contributed by atoms with E-state index in [-0.39, 0.29) is 24.5 Å². The fraction of sp³-hybridized carbons (Fsp3) is 0.619. The molecule has 0 atom stereocenters. The molecule has 1 aromatic carbocycles. The first-order valence-electron chi connectivity index (χ1n) is 9.72. The molecule has 1 fully saturated rings. The highest BCUT2D eigenvalue weighted by atomic mass is 35.5. The van der Waals surface area contributed by atoms with Crippen molar-refractivity contribution in [3.8, 4) is 5.75 Å². The molecule has 6 heteroatoms. The molecule has 0 radical (unpaired) electrons. The molecule has 1 heterocycles. The molecule has 0 aromatic heterocycles. The van der Waals surface area contributed by atoms with Gasteiger partial charge in [0.2, 0.25) is 5.91 Å². The maximum absolute atomic E-state index is 12.4. The Kier molecular flexibility index (Phi) is 7.96. The number of aryl methyl sites for hydroxylation is 1. The largest absolute Gasteiger partial charge is 0.484 e. The van der Waals surface area contributed by atoms with Gasteiger partial charge in [0.25, 0.3) is 5.91 Å². The summed E-state index contributed by atoms with van der Waals surface area (Å²) in [6.07, 6.45) is 3.66. The predicted octanol–water partition coefficient (Wildman–Crippen LogP) is 3.39. The van der Waals surface area contributed by atoms with Crippen LogP contribution in [0.2, 0.25) is 0 Å². The van der Waals surface area contributed by atoms with Crippen LogP contribution in [-0.4, -0.2) is 48.3 Å². The van der Waals surface area contributed by atoms with Gasteiger partial charge in [0.15, 0.2) is 6.61 Å². The van der Waals surface area contributed by atoms with Crippen LogP contribution in [0.4, 0.5) is 0 Å². The van der Waals surface area contributed by atoms with Crippen LogP contribution in [-0.2, 0) is 16.0 Å².